The predicted molar refractivity (Wildman–Crippen MR) is 95.1 cm³/mol. The Balaban J connectivity index is 1.97. The summed E-state index contributed by atoms with van der Waals surface area (Å²) in [6, 6.07) is 14.3. The number of aryl methyl sites for hydroxylation is 1. The minimum Gasteiger partial charge on any atom is -0.375 e. The first kappa shape index (κ1) is 16.3. The molecule has 0 amide bonds. The number of anilines is 1. The van der Waals surface area contributed by atoms with Gasteiger partial charge in [-0.1, -0.05) is 51.3 Å². The zero-order valence-corrected chi connectivity index (χ0v) is 14.7. The molecule has 21 heavy (non-hydrogen) atoms. The molecule has 0 aliphatic carbocycles. The summed E-state index contributed by atoms with van der Waals surface area (Å²) in [5, 5.41) is 0.717. The van der Waals surface area contributed by atoms with Gasteiger partial charge in [-0.2, -0.15) is 0 Å². The summed E-state index contributed by atoms with van der Waals surface area (Å²) in [7, 11) is 2.08. The van der Waals surface area contributed by atoms with Gasteiger partial charge < -0.3 is 10.6 Å². The van der Waals surface area contributed by atoms with Crippen LogP contribution in [0.2, 0.25) is 5.02 Å². The standard InChI is InChI=1S/C17H20BrClN2/c1-12-3-6-14(7-4-12)21(2)10-9-17(20)15-8-5-13(18)11-16(15)19/h3-8,11,17H,9-10,20H2,1-2H3. The molecular formula is C17H20BrClN2. The molecule has 0 saturated heterocycles. The molecule has 0 aliphatic heterocycles. The van der Waals surface area contributed by atoms with E-state index in [4.69, 9.17) is 17.3 Å². The number of nitrogens with zero attached hydrogens (tertiary/aromatic N) is 1. The van der Waals surface area contributed by atoms with Gasteiger partial charge in [-0.3, -0.25) is 0 Å². The molecule has 1 atom stereocenters. The van der Waals surface area contributed by atoms with Crippen LogP contribution in [0.3, 0.4) is 0 Å². The molecule has 4 heteroatoms. The topological polar surface area (TPSA) is 29.3 Å². The zero-order chi connectivity index (χ0) is 15.4. The van der Waals surface area contributed by atoms with E-state index in [9.17, 15) is 0 Å². The largest absolute Gasteiger partial charge is 0.375 e. The maximum absolute atomic E-state index is 6.27. The van der Waals surface area contributed by atoms with Gasteiger partial charge in [-0.05, 0) is 43.2 Å². The Morgan fingerprint density at radius 3 is 2.48 bits per heavy atom. The van der Waals surface area contributed by atoms with Gasteiger partial charge in [0.05, 0.1) is 0 Å². The van der Waals surface area contributed by atoms with Crippen molar-refractivity contribution in [2.45, 2.75) is 19.4 Å². The number of nitrogens with two attached hydrogens (primary N) is 1. The minimum absolute atomic E-state index is 0.0569. The number of hydrogen-bond acceptors (Lipinski definition) is 2. The van der Waals surface area contributed by atoms with Gasteiger partial charge in [0.15, 0.2) is 0 Å². The van der Waals surface area contributed by atoms with Crippen LogP contribution in [0.1, 0.15) is 23.6 Å². The summed E-state index contributed by atoms with van der Waals surface area (Å²) >= 11 is 9.66. The van der Waals surface area contributed by atoms with E-state index in [2.05, 4.69) is 59.1 Å². The van der Waals surface area contributed by atoms with Gasteiger partial charge in [0.25, 0.3) is 0 Å². The van der Waals surface area contributed by atoms with Crippen molar-refractivity contribution >= 4 is 33.2 Å². The second-order valence-electron chi connectivity index (χ2n) is 5.32. The fourth-order valence-corrected chi connectivity index (χ4v) is 3.03. The first-order valence-corrected chi connectivity index (χ1v) is 8.13. The van der Waals surface area contributed by atoms with E-state index in [1.54, 1.807) is 0 Å². The third-order valence-corrected chi connectivity index (χ3v) is 4.43. The van der Waals surface area contributed by atoms with E-state index in [1.807, 2.05) is 18.2 Å². The van der Waals surface area contributed by atoms with Crippen molar-refractivity contribution in [3.63, 3.8) is 0 Å². The molecule has 112 valence electrons. The van der Waals surface area contributed by atoms with E-state index in [-0.39, 0.29) is 6.04 Å². The average molecular weight is 368 g/mol. The van der Waals surface area contributed by atoms with Gasteiger partial charge in [0.2, 0.25) is 0 Å². The van der Waals surface area contributed by atoms with Gasteiger partial charge in [-0.25, -0.2) is 0 Å². The molecule has 0 aromatic heterocycles. The van der Waals surface area contributed by atoms with Gasteiger partial charge in [0.1, 0.15) is 0 Å². The lowest BCUT2D eigenvalue weighted by molar-refractivity contribution is 0.645. The maximum atomic E-state index is 6.27. The first-order chi connectivity index (χ1) is 9.97. The molecule has 0 radical (unpaired) electrons. The van der Waals surface area contributed by atoms with Crippen LogP contribution >= 0.6 is 27.5 Å². The SMILES string of the molecule is Cc1ccc(N(C)CCC(N)c2ccc(Br)cc2Cl)cc1. The summed E-state index contributed by atoms with van der Waals surface area (Å²) in [6.45, 7) is 2.98. The quantitative estimate of drug-likeness (QED) is 0.811. The molecule has 0 fully saturated rings. The Morgan fingerprint density at radius 2 is 1.86 bits per heavy atom. The van der Waals surface area contributed by atoms with Gasteiger partial charge in [-0.15, -0.1) is 0 Å². The molecule has 1 unspecified atom stereocenters. The Labute approximate surface area is 140 Å². The van der Waals surface area contributed by atoms with Crippen molar-refractivity contribution in [3.05, 3.63) is 63.1 Å². The lowest BCUT2D eigenvalue weighted by atomic mass is 10.0. The van der Waals surface area contributed by atoms with Crippen LogP contribution in [-0.4, -0.2) is 13.6 Å². The second-order valence-corrected chi connectivity index (χ2v) is 6.64. The summed E-state index contributed by atoms with van der Waals surface area (Å²) in [5.41, 5.74) is 9.74. The lowest BCUT2D eigenvalue weighted by Gasteiger charge is -2.22. The molecule has 2 aromatic rings. The van der Waals surface area contributed by atoms with Crippen LogP contribution in [0.5, 0.6) is 0 Å². The van der Waals surface area contributed by atoms with Crippen LogP contribution in [0.25, 0.3) is 0 Å². The molecule has 2 N–H and O–H groups in total. The van der Waals surface area contributed by atoms with Crippen molar-refractivity contribution in [2.24, 2.45) is 5.73 Å². The molecule has 0 heterocycles. The predicted octanol–water partition coefficient (Wildman–Crippen LogP) is 4.94. The average Bonchev–Trinajstić information content (AvgIpc) is 2.45. The van der Waals surface area contributed by atoms with Crippen LogP contribution in [-0.2, 0) is 0 Å². The third-order valence-electron chi connectivity index (χ3n) is 3.61. The molecular weight excluding hydrogens is 348 g/mol. The fourth-order valence-electron chi connectivity index (χ4n) is 2.22. The number of hydrogen-bond donors (Lipinski definition) is 1. The summed E-state index contributed by atoms with van der Waals surface area (Å²) < 4.78 is 0.972. The van der Waals surface area contributed by atoms with Crippen molar-refractivity contribution in [1.82, 2.24) is 0 Å². The van der Waals surface area contributed by atoms with E-state index < -0.39 is 0 Å². The molecule has 0 spiro atoms. The molecule has 2 aromatic carbocycles. The Kier molecular flexibility index (Phi) is 5.68. The van der Waals surface area contributed by atoms with Gasteiger partial charge >= 0.3 is 0 Å². The Hall–Kier alpha value is -1.03. The van der Waals surface area contributed by atoms with Crippen molar-refractivity contribution in [2.75, 3.05) is 18.5 Å². The highest BCUT2D eigenvalue weighted by molar-refractivity contribution is 9.10. The summed E-state index contributed by atoms with van der Waals surface area (Å²) in [5.74, 6) is 0. The Morgan fingerprint density at radius 1 is 1.19 bits per heavy atom. The molecule has 0 aliphatic rings. The second kappa shape index (κ2) is 7.30. The number of halogens is 2. The van der Waals surface area contributed by atoms with E-state index >= 15 is 0 Å². The van der Waals surface area contributed by atoms with Crippen LogP contribution in [0.15, 0.2) is 46.9 Å². The number of benzene rings is 2. The highest BCUT2D eigenvalue weighted by Crippen LogP contribution is 2.27. The van der Waals surface area contributed by atoms with Crippen LogP contribution in [0, 0.1) is 6.92 Å². The minimum atomic E-state index is -0.0569. The smallest absolute Gasteiger partial charge is 0.0464 e. The highest BCUT2D eigenvalue weighted by Gasteiger charge is 2.11. The lowest BCUT2D eigenvalue weighted by Crippen LogP contribution is -2.23. The number of rotatable bonds is 5. The summed E-state index contributed by atoms with van der Waals surface area (Å²) in [6.07, 6.45) is 0.853. The van der Waals surface area contributed by atoms with Crippen LogP contribution in [0.4, 0.5) is 5.69 Å². The van der Waals surface area contributed by atoms with Crippen molar-refractivity contribution < 1.29 is 0 Å². The molecule has 0 saturated carbocycles. The van der Waals surface area contributed by atoms with Gasteiger partial charge in [0, 0.05) is 34.8 Å². The van der Waals surface area contributed by atoms with E-state index in [0.29, 0.717) is 0 Å². The Bertz CT molecular complexity index is 598. The molecule has 2 nitrogen and oxygen atoms in total. The van der Waals surface area contributed by atoms with E-state index in [0.717, 1.165) is 28.0 Å². The third kappa shape index (κ3) is 4.47. The summed E-state index contributed by atoms with van der Waals surface area (Å²) in [4.78, 5) is 2.21. The first-order valence-electron chi connectivity index (χ1n) is 6.95. The molecule has 0 bridgehead atoms. The maximum Gasteiger partial charge on any atom is 0.0464 e. The van der Waals surface area contributed by atoms with Crippen LogP contribution < -0.4 is 10.6 Å². The highest BCUT2D eigenvalue weighted by atomic mass is 79.9. The van der Waals surface area contributed by atoms with Crippen molar-refractivity contribution in [1.29, 1.82) is 0 Å². The normalized spacial score (nSPS) is 12.2. The van der Waals surface area contributed by atoms with E-state index in [1.165, 1.54) is 11.3 Å². The fraction of sp³-hybridized carbons (Fsp3) is 0.294. The van der Waals surface area contributed by atoms with Crippen molar-refractivity contribution in [3.8, 4) is 0 Å². The zero-order valence-electron chi connectivity index (χ0n) is 12.3. The molecule has 2 rings (SSSR count). The monoisotopic (exact) mass is 366 g/mol.